The van der Waals surface area contributed by atoms with E-state index in [9.17, 15) is 4.79 Å². The van der Waals surface area contributed by atoms with Gasteiger partial charge in [-0.1, -0.05) is 0 Å². The number of carbonyl (C=O) groups excluding carboxylic acids is 1. The van der Waals surface area contributed by atoms with Crippen molar-refractivity contribution in [2.45, 2.75) is 12.8 Å². The summed E-state index contributed by atoms with van der Waals surface area (Å²) in [5, 5.41) is 6.03. The summed E-state index contributed by atoms with van der Waals surface area (Å²) in [6.07, 6.45) is 1.30. The first-order valence-electron chi connectivity index (χ1n) is 6.40. The molecule has 0 aliphatic carbocycles. The normalized spacial score (nSPS) is 10.0. The summed E-state index contributed by atoms with van der Waals surface area (Å²) in [4.78, 5) is 11.5. The molecule has 5 nitrogen and oxygen atoms in total. The molecule has 1 aromatic rings. The van der Waals surface area contributed by atoms with E-state index in [0.717, 1.165) is 17.9 Å². The van der Waals surface area contributed by atoms with Gasteiger partial charge in [0.25, 0.3) is 0 Å². The Kier molecular flexibility index (Phi) is 7.43. The van der Waals surface area contributed by atoms with Gasteiger partial charge < -0.3 is 20.1 Å². The Morgan fingerprint density at radius 2 is 1.89 bits per heavy atom. The van der Waals surface area contributed by atoms with Gasteiger partial charge in [-0.3, -0.25) is 4.79 Å². The van der Waals surface area contributed by atoms with Crippen molar-refractivity contribution in [1.82, 2.24) is 5.32 Å². The Labute approximate surface area is 114 Å². The fourth-order valence-electron chi connectivity index (χ4n) is 1.56. The maximum absolute atomic E-state index is 11.5. The number of nitrogens with one attached hydrogen (secondary N) is 2. The van der Waals surface area contributed by atoms with E-state index in [1.54, 1.807) is 14.2 Å². The first kappa shape index (κ1) is 15.3. The first-order chi connectivity index (χ1) is 9.26. The van der Waals surface area contributed by atoms with Crippen LogP contribution in [0.4, 0.5) is 5.69 Å². The van der Waals surface area contributed by atoms with Crippen molar-refractivity contribution in [3.8, 4) is 5.75 Å². The summed E-state index contributed by atoms with van der Waals surface area (Å²) in [5.41, 5.74) is 0.980. The fourth-order valence-corrected chi connectivity index (χ4v) is 1.56. The summed E-state index contributed by atoms with van der Waals surface area (Å²) in [7, 11) is 3.29. The molecule has 19 heavy (non-hydrogen) atoms. The van der Waals surface area contributed by atoms with Crippen LogP contribution in [0.3, 0.4) is 0 Å². The molecule has 0 aromatic heterocycles. The van der Waals surface area contributed by atoms with Gasteiger partial charge in [-0.15, -0.1) is 0 Å². The van der Waals surface area contributed by atoms with E-state index in [1.165, 1.54) is 0 Å². The summed E-state index contributed by atoms with van der Waals surface area (Å²) in [6, 6.07) is 7.62. The molecule has 0 aliphatic heterocycles. The Morgan fingerprint density at radius 3 is 2.53 bits per heavy atom. The number of rotatable bonds is 9. The molecule has 5 heteroatoms. The average molecular weight is 266 g/mol. The zero-order valence-electron chi connectivity index (χ0n) is 11.6. The molecule has 106 valence electrons. The van der Waals surface area contributed by atoms with E-state index in [0.29, 0.717) is 26.1 Å². The van der Waals surface area contributed by atoms with Crippen LogP contribution >= 0.6 is 0 Å². The van der Waals surface area contributed by atoms with Crippen LogP contribution in [-0.4, -0.2) is 39.8 Å². The van der Waals surface area contributed by atoms with Crippen molar-refractivity contribution in [2.24, 2.45) is 0 Å². The number of hydrogen-bond donors (Lipinski definition) is 2. The minimum atomic E-state index is 0.0529. The van der Waals surface area contributed by atoms with Crippen molar-refractivity contribution in [3.05, 3.63) is 24.3 Å². The lowest BCUT2D eigenvalue weighted by Crippen LogP contribution is -2.26. The van der Waals surface area contributed by atoms with Crippen LogP contribution in [0.25, 0.3) is 0 Å². The highest BCUT2D eigenvalue weighted by atomic mass is 16.5. The zero-order valence-corrected chi connectivity index (χ0v) is 11.6. The summed E-state index contributed by atoms with van der Waals surface area (Å²) in [6.45, 7) is 1.95. The quantitative estimate of drug-likeness (QED) is 0.667. The molecule has 0 atom stereocenters. The molecule has 0 spiro atoms. The van der Waals surface area contributed by atoms with Gasteiger partial charge in [0.05, 0.1) is 7.11 Å². The minimum Gasteiger partial charge on any atom is -0.497 e. The van der Waals surface area contributed by atoms with E-state index >= 15 is 0 Å². The van der Waals surface area contributed by atoms with Crippen LogP contribution in [0, 0.1) is 0 Å². The van der Waals surface area contributed by atoms with E-state index < -0.39 is 0 Å². The lowest BCUT2D eigenvalue weighted by Gasteiger charge is -2.08. The Hall–Kier alpha value is -1.75. The number of anilines is 1. The lowest BCUT2D eigenvalue weighted by molar-refractivity contribution is -0.120. The number of carbonyl (C=O) groups is 1. The average Bonchev–Trinajstić information content (AvgIpc) is 2.44. The van der Waals surface area contributed by atoms with Gasteiger partial charge >= 0.3 is 0 Å². The Morgan fingerprint density at radius 1 is 1.16 bits per heavy atom. The summed E-state index contributed by atoms with van der Waals surface area (Å²) >= 11 is 0. The number of hydrogen-bond acceptors (Lipinski definition) is 4. The predicted molar refractivity (Wildman–Crippen MR) is 75.6 cm³/mol. The second kappa shape index (κ2) is 9.22. The highest BCUT2D eigenvalue weighted by Crippen LogP contribution is 2.14. The molecule has 2 N–H and O–H groups in total. The standard InChI is InChI=1S/C14H22N2O3/c1-18-11-3-9-16-14(17)8-10-15-12-4-6-13(19-2)7-5-12/h4-7,15H,3,8-11H2,1-2H3,(H,16,17). The molecule has 0 unspecified atom stereocenters. The minimum absolute atomic E-state index is 0.0529. The molecular weight excluding hydrogens is 244 g/mol. The largest absolute Gasteiger partial charge is 0.497 e. The fraction of sp³-hybridized carbons (Fsp3) is 0.500. The molecule has 0 aliphatic rings. The molecule has 0 fully saturated rings. The molecule has 1 aromatic carbocycles. The van der Waals surface area contributed by atoms with E-state index in [2.05, 4.69) is 10.6 Å². The smallest absolute Gasteiger partial charge is 0.221 e. The molecule has 0 heterocycles. The maximum atomic E-state index is 11.5. The third-order valence-corrected chi connectivity index (χ3v) is 2.62. The van der Waals surface area contributed by atoms with Crippen molar-refractivity contribution >= 4 is 11.6 Å². The van der Waals surface area contributed by atoms with E-state index in [4.69, 9.17) is 9.47 Å². The van der Waals surface area contributed by atoms with Crippen molar-refractivity contribution < 1.29 is 14.3 Å². The molecule has 0 radical (unpaired) electrons. The van der Waals surface area contributed by atoms with Gasteiger partial charge in [-0.05, 0) is 30.7 Å². The third-order valence-electron chi connectivity index (χ3n) is 2.62. The lowest BCUT2D eigenvalue weighted by atomic mass is 10.3. The van der Waals surface area contributed by atoms with Crippen LogP contribution in [0.5, 0.6) is 5.75 Å². The zero-order chi connectivity index (χ0) is 13.9. The van der Waals surface area contributed by atoms with Gasteiger partial charge in [-0.2, -0.15) is 0 Å². The van der Waals surface area contributed by atoms with Crippen LogP contribution in [0.2, 0.25) is 0 Å². The molecule has 1 amide bonds. The van der Waals surface area contributed by atoms with Gasteiger partial charge in [0, 0.05) is 38.9 Å². The second-order valence-corrected chi connectivity index (χ2v) is 4.10. The third kappa shape index (κ3) is 6.67. The van der Waals surface area contributed by atoms with Crippen molar-refractivity contribution in [3.63, 3.8) is 0 Å². The molecule has 0 saturated carbocycles. The number of methoxy groups -OCH3 is 2. The van der Waals surface area contributed by atoms with E-state index in [-0.39, 0.29) is 5.91 Å². The first-order valence-corrected chi connectivity index (χ1v) is 6.40. The van der Waals surface area contributed by atoms with Crippen LogP contribution in [0.15, 0.2) is 24.3 Å². The molecule has 1 rings (SSSR count). The Balaban J connectivity index is 2.13. The molecule has 0 saturated heterocycles. The van der Waals surface area contributed by atoms with Crippen LogP contribution < -0.4 is 15.4 Å². The highest BCUT2D eigenvalue weighted by molar-refractivity contribution is 5.76. The Bertz CT molecular complexity index is 365. The second-order valence-electron chi connectivity index (χ2n) is 4.10. The van der Waals surface area contributed by atoms with Crippen LogP contribution in [-0.2, 0) is 9.53 Å². The van der Waals surface area contributed by atoms with Crippen molar-refractivity contribution in [2.75, 3.05) is 39.2 Å². The highest BCUT2D eigenvalue weighted by Gasteiger charge is 2.00. The monoisotopic (exact) mass is 266 g/mol. The molecular formula is C14H22N2O3. The van der Waals surface area contributed by atoms with Gasteiger partial charge in [0.1, 0.15) is 5.75 Å². The van der Waals surface area contributed by atoms with E-state index in [1.807, 2.05) is 24.3 Å². The van der Waals surface area contributed by atoms with Crippen molar-refractivity contribution in [1.29, 1.82) is 0 Å². The predicted octanol–water partition coefficient (Wildman–Crippen LogP) is 1.65. The summed E-state index contributed by atoms with van der Waals surface area (Å²) in [5.74, 6) is 0.874. The molecule has 0 bridgehead atoms. The topological polar surface area (TPSA) is 59.6 Å². The van der Waals surface area contributed by atoms with Gasteiger partial charge in [0.15, 0.2) is 0 Å². The number of benzene rings is 1. The van der Waals surface area contributed by atoms with Gasteiger partial charge in [-0.25, -0.2) is 0 Å². The number of amides is 1. The summed E-state index contributed by atoms with van der Waals surface area (Å²) < 4.78 is 9.98. The number of ether oxygens (including phenoxy) is 2. The SMILES string of the molecule is COCCCNC(=O)CCNc1ccc(OC)cc1. The van der Waals surface area contributed by atoms with Gasteiger partial charge in [0.2, 0.25) is 5.91 Å². The maximum Gasteiger partial charge on any atom is 0.221 e. The van der Waals surface area contributed by atoms with Crippen LogP contribution in [0.1, 0.15) is 12.8 Å².